The van der Waals surface area contributed by atoms with Crippen LogP contribution in [-0.4, -0.2) is 30.5 Å². The van der Waals surface area contributed by atoms with Crippen LogP contribution in [0.4, 0.5) is 4.39 Å². The zero-order valence-electron chi connectivity index (χ0n) is 15.3. The lowest BCUT2D eigenvalue weighted by molar-refractivity contribution is -0.123. The van der Waals surface area contributed by atoms with Crippen LogP contribution in [0.1, 0.15) is 25.0 Å². The molecule has 0 atom stereocenters. The molecule has 0 aromatic heterocycles. The summed E-state index contributed by atoms with van der Waals surface area (Å²) in [6, 6.07) is 12.9. The van der Waals surface area contributed by atoms with Crippen molar-refractivity contribution in [1.29, 1.82) is 0 Å². The molecule has 0 aliphatic carbocycles. The van der Waals surface area contributed by atoms with Crippen LogP contribution in [0.2, 0.25) is 0 Å². The van der Waals surface area contributed by atoms with Crippen molar-refractivity contribution in [2.24, 2.45) is 0 Å². The van der Waals surface area contributed by atoms with Crippen LogP contribution in [0, 0.1) is 5.82 Å². The van der Waals surface area contributed by atoms with E-state index in [0.29, 0.717) is 17.1 Å². The van der Waals surface area contributed by atoms with Crippen LogP contribution in [-0.2, 0) is 17.9 Å². The van der Waals surface area contributed by atoms with E-state index in [0.717, 1.165) is 12.1 Å². The molecule has 2 aromatic carbocycles. The van der Waals surface area contributed by atoms with Gasteiger partial charge in [0.15, 0.2) is 18.2 Å². The van der Waals surface area contributed by atoms with E-state index in [2.05, 4.69) is 53.1 Å². The van der Waals surface area contributed by atoms with E-state index in [9.17, 15) is 9.18 Å². The van der Waals surface area contributed by atoms with Crippen LogP contribution >= 0.6 is 15.9 Å². The number of hydrogen-bond donors (Lipinski definition) is 1. The number of amides is 1. The minimum absolute atomic E-state index is 0.0577. The third kappa shape index (κ3) is 6.11. The first-order chi connectivity index (χ1) is 12.4. The fourth-order valence-electron chi connectivity index (χ4n) is 2.32. The van der Waals surface area contributed by atoms with Gasteiger partial charge in [0, 0.05) is 23.6 Å². The van der Waals surface area contributed by atoms with E-state index in [1.54, 1.807) is 6.07 Å². The lowest BCUT2D eigenvalue weighted by atomic mass is 10.1. The van der Waals surface area contributed by atoms with Gasteiger partial charge < -0.3 is 10.1 Å². The summed E-state index contributed by atoms with van der Waals surface area (Å²) in [7, 11) is 2.07. The molecule has 0 saturated carbocycles. The molecule has 0 saturated heterocycles. The maximum Gasteiger partial charge on any atom is 0.258 e. The highest BCUT2D eigenvalue weighted by Gasteiger charge is 2.10. The molecule has 0 spiro atoms. The third-order valence-electron chi connectivity index (χ3n) is 4.15. The molecule has 140 valence electrons. The second-order valence-electron chi connectivity index (χ2n) is 6.42. The summed E-state index contributed by atoms with van der Waals surface area (Å²) < 4.78 is 19.6. The number of carbonyl (C=O) groups is 1. The average molecular weight is 423 g/mol. The smallest absolute Gasteiger partial charge is 0.258 e. The molecule has 0 heterocycles. The van der Waals surface area contributed by atoms with Crippen molar-refractivity contribution in [2.75, 3.05) is 13.7 Å². The maximum absolute atomic E-state index is 13.7. The number of hydrogen-bond acceptors (Lipinski definition) is 3. The predicted molar refractivity (Wildman–Crippen MR) is 104 cm³/mol. The molecule has 0 radical (unpaired) electrons. The number of ether oxygens (including phenoxy) is 1. The average Bonchev–Trinajstić information content (AvgIpc) is 2.60. The number of benzene rings is 2. The molecule has 0 bridgehead atoms. The largest absolute Gasteiger partial charge is 0.481 e. The lowest BCUT2D eigenvalue weighted by Gasteiger charge is -2.22. The van der Waals surface area contributed by atoms with E-state index in [1.807, 2.05) is 18.2 Å². The topological polar surface area (TPSA) is 41.6 Å². The van der Waals surface area contributed by atoms with Gasteiger partial charge in [-0.25, -0.2) is 4.39 Å². The Bertz CT molecular complexity index is 752. The van der Waals surface area contributed by atoms with Crippen LogP contribution in [0.25, 0.3) is 0 Å². The van der Waals surface area contributed by atoms with Gasteiger partial charge in [-0.1, -0.05) is 40.2 Å². The zero-order chi connectivity index (χ0) is 19.1. The molecule has 0 unspecified atom stereocenters. The van der Waals surface area contributed by atoms with Gasteiger partial charge in [0.2, 0.25) is 0 Å². The summed E-state index contributed by atoms with van der Waals surface area (Å²) in [5.74, 6) is -0.740. The summed E-state index contributed by atoms with van der Waals surface area (Å²) in [6.07, 6.45) is 0. The Morgan fingerprint density at radius 2 is 1.92 bits per heavy atom. The predicted octanol–water partition coefficient (Wildman–Crippen LogP) is 4.12. The van der Waals surface area contributed by atoms with Crippen molar-refractivity contribution in [3.8, 4) is 5.75 Å². The molecule has 1 N–H and O–H groups in total. The Kier molecular flexibility index (Phi) is 7.60. The SMILES string of the molecule is CC(C)N(C)Cc1ccccc1CNC(=O)COc1ccc(Br)cc1F. The van der Waals surface area contributed by atoms with Gasteiger partial charge in [0.05, 0.1) is 0 Å². The second kappa shape index (κ2) is 9.69. The Labute approximate surface area is 162 Å². The highest BCUT2D eigenvalue weighted by molar-refractivity contribution is 9.10. The van der Waals surface area contributed by atoms with Crippen molar-refractivity contribution in [1.82, 2.24) is 10.2 Å². The first kappa shape index (κ1) is 20.4. The van der Waals surface area contributed by atoms with Gasteiger partial charge in [0.1, 0.15) is 0 Å². The van der Waals surface area contributed by atoms with Gasteiger partial charge in [-0.05, 0) is 50.2 Å². The first-order valence-electron chi connectivity index (χ1n) is 8.48. The Morgan fingerprint density at radius 1 is 1.23 bits per heavy atom. The molecule has 0 aliphatic heterocycles. The summed E-state index contributed by atoms with van der Waals surface area (Å²) in [4.78, 5) is 14.3. The zero-order valence-corrected chi connectivity index (χ0v) is 16.8. The van der Waals surface area contributed by atoms with Gasteiger partial charge >= 0.3 is 0 Å². The Balaban J connectivity index is 1.89. The van der Waals surface area contributed by atoms with Crippen molar-refractivity contribution in [2.45, 2.75) is 33.0 Å². The first-order valence-corrected chi connectivity index (χ1v) is 9.27. The van der Waals surface area contributed by atoms with Crippen molar-refractivity contribution >= 4 is 21.8 Å². The minimum atomic E-state index is -0.505. The van der Waals surface area contributed by atoms with Gasteiger partial charge in [-0.15, -0.1) is 0 Å². The summed E-state index contributed by atoms with van der Waals surface area (Å²) >= 11 is 3.18. The Morgan fingerprint density at radius 3 is 2.58 bits per heavy atom. The molecular weight excluding hydrogens is 399 g/mol. The summed E-state index contributed by atoms with van der Waals surface area (Å²) in [6.45, 7) is 5.27. The van der Waals surface area contributed by atoms with Gasteiger partial charge in [0.25, 0.3) is 5.91 Å². The number of nitrogens with one attached hydrogen (secondary N) is 1. The highest BCUT2D eigenvalue weighted by Crippen LogP contribution is 2.21. The van der Waals surface area contributed by atoms with Crippen LogP contribution in [0.15, 0.2) is 46.9 Å². The fraction of sp³-hybridized carbons (Fsp3) is 0.350. The van der Waals surface area contributed by atoms with Crippen LogP contribution < -0.4 is 10.1 Å². The standard InChI is InChI=1S/C20H24BrFN2O2/c1-14(2)24(3)12-16-7-5-4-6-15(16)11-23-20(25)13-26-19-9-8-17(21)10-18(19)22/h4-10,14H,11-13H2,1-3H3,(H,23,25). The van der Waals surface area contributed by atoms with Crippen molar-refractivity contribution < 1.29 is 13.9 Å². The van der Waals surface area contributed by atoms with E-state index in [4.69, 9.17) is 4.74 Å². The molecule has 2 aromatic rings. The van der Waals surface area contributed by atoms with Crippen LogP contribution in [0.3, 0.4) is 0 Å². The van der Waals surface area contributed by atoms with Gasteiger partial charge in [-0.3, -0.25) is 9.69 Å². The minimum Gasteiger partial charge on any atom is -0.481 e. The van der Waals surface area contributed by atoms with E-state index < -0.39 is 5.82 Å². The normalized spacial score (nSPS) is 11.0. The van der Waals surface area contributed by atoms with Gasteiger partial charge in [-0.2, -0.15) is 0 Å². The van der Waals surface area contributed by atoms with Crippen molar-refractivity contribution in [3.63, 3.8) is 0 Å². The second-order valence-corrected chi connectivity index (χ2v) is 7.33. The number of carbonyl (C=O) groups excluding carboxylic acids is 1. The van der Waals surface area contributed by atoms with Crippen molar-refractivity contribution in [3.05, 3.63) is 63.9 Å². The van der Waals surface area contributed by atoms with Crippen LogP contribution in [0.5, 0.6) is 5.75 Å². The Hall–Kier alpha value is -1.92. The number of rotatable bonds is 8. The molecule has 1 amide bonds. The molecule has 6 heteroatoms. The number of halogens is 2. The molecule has 0 aliphatic rings. The summed E-state index contributed by atoms with van der Waals surface area (Å²) in [5, 5.41) is 2.83. The monoisotopic (exact) mass is 422 g/mol. The summed E-state index contributed by atoms with van der Waals surface area (Å²) in [5.41, 5.74) is 2.23. The van der Waals surface area contributed by atoms with E-state index >= 15 is 0 Å². The fourth-order valence-corrected chi connectivity index (χ4v) is 2.65. The molecule has 26 heavy (non-hydrogen) atoms. The van der Waals surface area contributed by atoms with E-state index in [-0.39, 0.29) is 18.3 Å². The molecule has 2 rings (SSSR count). The molecule has 0 fully saturated rings. The molecule has 4 nitrogen and oxygen atoms in total. The third-order valence-corrected chi connectivity index (χ3v) is 4.64. The lowest BCUT2D eigenvalue weighted by Crippen LogP contribution is -2.30. The molecular formula is C20H24BrFN2O2. The maximum atomic E-state index is 13.7. The quantitative estimate of drug-likeness (QED) is 0.695. The number of nitrogens with zero attached hydrogens (tertiary/aromatic N) is 1. The highest BCUT2D eigenvalue weighted by atomic mass is 79.9. The van der Waals surface area contributed by atoms with E-state index in [1.165, 1.54) is 17.7 Å².